The van der Waals surface area contributed by atoms with Crippen LogP contribution < -0.4 is 11.1 Å². The summed E-state index contributed by atoms with van der Waals surface area (Å²) < 4.78 is 1.67. The number of benzene rings is 2. The molecule has 0 saturated carbocycles. The zero-order valence-electron chi connectivity index (χ0n) is 14.3. The summed E-state index contributed by atoms with van der Waals surface area (Å²) in [4.78, 5) is 16.7. The van der Waals surface area contributed by atoms with E-state index < -0.39 is 11.9 Å². The van der Waals surface area contributed by atoms with Gasteiger partial charge in [0.05, 0.1) is 5.57 Å². The predicted molar refractivity (Wildman–Crippen MR) is 106 cm³/mol. The maximum absolute atomic E-state index is 12.2. The van der Waals surface area contributed by atoms with Crippen molar-refractivity contribution in [2.45, 2.75) is 13.0 Å². The van der Waals surface area contributed by atoms with Crippen molar-refractivity contribution < 1.29 is 4.79 Å². The van der Waals surface area contributed by atoms with Crippen molar-refractivity contribution >= 4 is 35.1 Å². The first-order chi connectivity index (χ1) is 12.9. The third-order valence-corrected chi connectivity index (χ3v) is 4.91. The van der Waals surface area contributed by atoms with E-state index in [1.807, 2.05) is 24.3 Å². The monoisotopic (exact) mass is 399 g/mol. The molecule has 0 aliphatic carbocycles. The fraction of sp³-hybridized carbons (Fsp3) is 0.105. The quantitative estimate of drug-likeness (QED) is 0.695. The summed E-state index contributed by atoms with van der Waals surface area (Å²) in [5.74, 6) is 0.531. The molecule has 0 unspecified atom stereocenters. The molecule has 2 heterocycles. The molecule has 1 aromatic heterocycles. The van der Waals surface area contributed by atoms with Crippen molar-refractivity contribution in [2.24, 2.45) is 5.73 Å². The van der Waals surface area contributed by atoms with Gasteiger partial charge in [0.25, 0.3) is 0 Å². The summed E-state index contributed by atoms with van der Waals surface area (Å²) in [6.45, 7) is 1.79. The number of anilines is 1. The van der Waals surface area contributed by atoms with E-state index in [0.717, 1.165) is 11.1 Å². The first-order valence-electron chi connectivity index (χ1n) is 8.19. The number of primary amides is 1. The predicted octanol–water partition coefficient (Wildman–Crippen LogP) is 4.03. The Bertz CT molecular complexity index is 1050. The van der Waals surface area contributed by atoms with Gasteiger partial charge in [-0.1, -0.05) is 35.3 Å². The molecular formula is C19H15Cl2N5O. The molecule has 6 nitrogen and oxygen atoms in total. The first-order valence-corrected chi connectivity index (χ1v) is 8.95. The molecule has 4 rings (SSSR count). The van der Waals surface area contributed by atoms with Gasteiger partial charge in [-0.25, -0.2) is 4.68 Å². The minimum atomic E-state index is -0.519. The Morgan fingerprint density at radius 3 is 2.26 bits per heavy atom. The van der Waals surface area contributed by atoms with E-state index in [9.17, 15) is 4.79 Å². The van der Waals surface area contributed by atoms with Crippen LogP contribution in [0.2, 0.25) is 10.0 Å². The molecule has 3 N–H and O–H groups in total. The molecule has 0 fully saturated rings. The van der Waals surface area contributed by atoms with Crippen LogP contribution in [0.5, 0.6) is 0 Å². The molecule has 0 saturated heterocycles. The van der Waals surface area contributed by atoms with Crippen LogP contribution in [0.4, 0.5) is 5.95 Å². The number of rotatable bonds is 3. The van der Waals surface area contributed by atoms with Crippen molar-refractivity contribution in [2.75, 3.05) is 5.32 Å². The molecule has 1 atom stereocenters. The summed E-state index contributed by atoms with van der Waals surface area (Å²) in [5.41, 5.74) is 8.39. The number of nitrogens with zero attached hydrogens (tertiary/aromatic N) is 3. The lowest BCUT2D eigenvalue weighted by atomic mass is 9.95. The normalized spacial score (nSPS) is 16.0. The van der Waals surface area contributed by atoms with Gasteiger partial charge in [-0.15, -0.1) is 5.10 Å². The Morgan fingerprint density at radius 1 is 1.07 bits per heavy atom. The Hall–Kier alpha value is -2.83. The zero-order valence-corrected chi connectivity index (χ0v) is 15.8. The van der Waals surface area contributed by atoms with Crippen LogP contribution in [0.3, 0.4) is 0 Å². The van der Waals surface area contributed by atoms with E-state index in [-0.39, 0.29) is 0 Å². The lowest BCUT2D eigenvalue weighted by molar-refractivity contribution is -0.115. The zero-order chi connectivity index (χ0) is 19.1. The summed E-state index contributed by atoms with van der Waals surface area (Å²) in [7, 11) is 0. The van der Waals surface area contributed by atoms with Gasteiger partial charge < -0.3 is 11.1 Å². The van der Waals surface area contributed by atoms with Crippen molar-refractivity contribution in [3.8, 4) is 11.4 Å². The Morgan fingerprint density at radius 2 is 1.67 bits per heavy atom. The van der Waals surface area contributed by atoms with Gasteiger partial charge in [-0.05, 0) is 48.9 Å². The van der Waals surface area contributed by atoms with Crippen LogP contribution in [-0.4, -0.2) is 20.7 Å². The van der Waals surface area contributed by atoms with Crippen molar-refractivity contribution in [1.29, 1.82) is 0 Å². The first kappa shape index (κ1) is 17.6. The van der Waals surface area contributed by atoms with Crippen LogP contribution in [0.25, 0.3) is 11.4 Å². The van der Waals surface area contributed by atoms with Crippen molar-refractivity contribution in [3.63, 3.8) is 0 Å². The molecule has 136 valence electrons. The number of hydrogen-bond donors (Lipinski definition) is 2. The molecule has 8 heteroatoms. The fourth-order valence-corrected chi connectivity index (χ4v) is 3.40. The van der Waals surface area contributed by atoms with E-state index in [1.165, 1.54) is 0 Å². The molecule has 2 aromatic carbocycles. The van der Waals surface area contributed by atoms with E-state index in [4.69, 9.17) is 28.9 Å². The van der Waals surface area contributed by atoms with E-state index in [0.29, 0.717) is 33.1 Å². The van der Waals surface area contributed by atoms with Crippen molar-refractivity contribution in [3.05, 3.63) is 75.4 Å². The summed E-state index contributed by atoms with van der Waals surface area (Å²) >= 11 is 12.0. The molecule has 1 aliphatic rings. The van der Waals surface area contributed by atoms with Gasteiger partial charge in [-0.2, -0.15) is 4.98 Å². The molecule has 1 aliphatic heterocycles. The largest absolute Gasteiger partial charge is 0.366 e. The third-order valence-electron chi connectivity index (χ3n) is 4.41. The lowest BCUT2D eigenvalue weighted by Gasteiger charge is -2.27. The number of nitrogens with two attached hydrogens (primary N) is 1. The number of carbonyl (C=O) groups is 1. The fourth-order valence-electron chi connectivity index (χ4n) is 3.14. The van der Waals surface area contributed by atoms with Crippen LogP contribution in [0.15, 0.2) is 59.8 Å². The summed E-state index contributed by atoms with van der Waals surface area (Å²) in [6.07, 6.45) is 0. The summed E-state index contributed by atoms with van der Waals surface area (Å²) in [6, 6.07) is 14.0. The van der Waals surface area contributed by atoms with Gasteiger partial charge in [-0.3, -0.25) is 4.79 Å². The molecule has 27 heavy (non-hydrogen) atoms. The van der Waals surface area contributed by atoms with Gasteiger partial charge in [0.2, 0.25) is 11.9 Å². The number of amides is 1. The Balaban J connectivity index is 1.87. The van der Waals surface area contributed by atoms with Crippen LogP contribution in [0.1, 0.15) is 18.5 Å². The number of hydrogen-bond acceptors (Lipinski definition) is 4. The Labute approximate surface area is 165 Å². The highest BCUT2D eigenvalue weighted by atomic mass is 35.5. The SMILES string of the molecule is CC1=C(C(N)=O)[C@@H](c2ccc(Cl)cc2)n2nc(-c3ccc(Cl)cc3)nc2N1. The van der Waals surface area contributed by atoms with Gasteiger partial charge in [0, 0.05) is 21.3 Å². The second-order valence-corrected chi connectivity index (χ2v) is 7.07. The number of aromatic nitrogens is 3. The second kappa shape index (κ2) is 6.72. The highest BCUT2D eigenvalue weighted by Crippen LogP contribution is 2.36. The highest BCUT2D eigenvalue weighted by Gasteiger charge is 2.33. The number of fused-ring (bicyclic) bond motifs is 1. The smallest absolute Gasteiger partial charge is 0.248 e. The van der Waals surface area contributed by atoms with Gasteiger partial charge >= 0.3 is 0 Å². The maximum Gasteiger partial charge on any atom is 0.248 e. The summed E-state index contributed by atoms with van der Waals surface area (Å²) in [5, 5.41) is 8.98. The molecule has 0 bridgehead atoms. The van der Waals surface area contributed by atoms with E-state index in [1.54, 1.807) is 35.9 Å². The number of allylic oxidation sites excluding steroid dienone is 1. The molecule has 0 spiro atoms. The average Bonchev–Trinajstić information content (AvgIpc) is 3.05. The minimum Gasteiger partial charge on any atom is -0.366 e. The number of carbonyl (C=O) groups excluding carboxylic acids is 1. The average molecular weight is 400 g/mol. The van der Waals surface area contributed by atoms with Gasteiger partial charge in [0.15, 0.2) is 5.82 Å². The van der Waals surface area contributed by atoms with Crippen LogP contribution >= 0.6 is 23.2 Å². The van der Waals surface area contributed by atoms with E-state index in [2.05, 4.69) is 15.4 Å². The highest BCUT2D eigenvalue weighted by molar-refractivity contribution is 6.30. The maximum atomic E-state index is 12.2. The van der Waals surface area contributed by atoms with Crippen molar-refractivity contribution in [1.82, 2.24) is 14.8 Å². The number of halogens is 2. The third kappa shape index (κ3) is 3.18. The van der Waals surface area contributed by atoms with Gasteiger partial charge in [0.1, 0.15) is 6.04 Å². The second-order valence-electron chi connectivity index (χ2n) is 6.19. The van der Waals surface area contributed by atoms with Crippen LogP contribution in [-0.2, 0) is 4.79 Å². The topological polar surface area (TPSA) is 85.8 Å². The molecule has 3 aromatic rings. The molecule has 0 radical (unpaired) electrons. The molecular weight excluding hydrogens is 385 g/mol. The molecule has 1 amide bonds. The lowest BCUT2D eigenvalue weighted by Crippen LogP contribution is -2.31. The number of nitrogens with one attached hydrogen (secondary N) is 1. The Kier molecular flexibility index (Phi) is 4.37. The standard InChI is InChI=1S/C19H15Cl2N5O/c1-10-15(17(22)27)16(11-2-6-13(20)7-3-11)26-19(23-10)24-18(25-26)12-4-8-14(21)9-5-12/h2-9,16H,1H3,(H2,22,27)(H,23,24,25)/t16-/m1/s1. The van der Waals surface area contributed by atoms with E-state index >= 15 is 0 Å². The minimum absolute atomic E-state index is 0.428. The van der Waals surface area contributed by atoms with Crippen LogP contribution in [0, 0.1) is 0 Å².